The van der Waals surface area contributed by atoms with Gasteiger partial charge in [0.2, 0.25) is 0 Å². The summed E-state index contributed by atoms with van der Waals surface area (Å²) >= 11 is 0. The first-order valence-electron chi connectivity index (χ1n) is 8.51. The van der Waals surface area contributed by atoms with Crippen LogP contribution in [0.5, 0.6) is 0 Å². The predicted molar refractivity (Wildman–Crippen MR) is 95.1 cm³/mol. The van der Waals surface area contributed by atoms with Gasteiger partial charge >= 0.3 is 0 Å². The quantitative estimate of drug-likeness (QED) is 0.673. The Kier molecular flexibility index (Phi) is 6.76. The molecule has 0 spiro atoms. The van der Waals surface area contributed by atoms with E-state index in [1.165, 1.54) is 0 Å². The van der Waals surface area contributed by atoms with E-state index in [0.29, 0.717) is 25.7 Å². The molecule has 1 unspecified atom stereocenters. The minimum absolute atomic E-state index is 0.343. The maximum absolute atomic E-state index is 9.48. The summed E-state index contributed by atoms with van der Waals surface area (Å²) in [5.74, 6) is 0.786. The van der Waals surface area contributed by atoms with Crippen LogP contribution in [0.15, 0.2) is 30.3 Å². The van der Waals surface area contributed by atoms with Crippen molar-refractivity contribution in [3.05, 3.63) is 41.7 Å². The van der Waals surface area contributed by atoms with Crippen LogP contribution in [0.25, 0.3) is 11.4 Å². The zero-order valence-corrected chi connectivity index (χ0v) is 14.4. The Morgan fingerprint density at radius 1 is 1.00 bits per heavy atom. The van der Waals surface area contributed by atoms with Crippen LogP contribution in [0.1, 0.15) is 50.0 Å². The number of aryl methyl sites for hydroxylation is 1. The predicted octanol–water partition coefficient (Wildman–Crippen LogP) is 4.33. The molecule has 0 saturated heterocycles. The Balaban J connectivity index is 2.51. The van der Waals surface area contributed by atoms with Gasteiger partial charge in [-0.3, -0.25) is 0 Å². The van der Waals surface area contributed by atoms with Crippen LogP contribution in [0.4, 0.5) is 0 Å². The largest absolute Gasteiger partial charge is 0.312 e. The molecule has 5 heteroatoms. The van der Waals surface area contributed by atoms with Gasteiger partial charge in [-0.1, -0.05) is 30.3 Å². The van der Waals surface area contributed by atoms with Crippen molar-refractivity contribution >= 4 is 0 Å². The van der Waals surface area contributed by atoms with E-state index >= 15 is 0 Å². The van der Waals surface area contributed by atoms with Gasteiger partial charge in [0, 0.05) is 24.1 Å². The Bertz CT molecular complexity index is 815. The molecule has 0 aliphatic carbocycles. The van der Waals surface area contributed by atoms with Crippen LogP contribution in [0.2, 0.25) is 0 Å². The van der Waals surface area contributed by atoms with E-state index in [-0.39, 0.29) is 6.04 Å². The summed E-state index contributed by atoms with van der Waals surface area (Å²) in [4.78, 5) is 4.82. The molecular weight excluding hydrogens is 310 g/mol. The second kappa shape index (κ2) is 9.26. The molecule has 0 N–H and O–H groups in total. The number of unbranched alkanes of at least 4 members (excludes halogenated alkanes) is 2. The van der Waals surface area contributed by atoms with Crippen LogP contribution in [-0.4, -0.2) is 9.55 Å². The van der Waals surface area contributed by atoms with Crippen molar-refractivity contribution in [3.63, 3.8) is 0 Å². The lowest BCUT2D eigenvalue weighted by atomic mass is 10.1. The number of nitriles is 3. The molecule has 1 atom stereocenters. The van der Waals surface area contributed by atoms with Gasteiger partial charge in [0.1, 0.15) is 11.9 Å². The number of rotatable bonds is 8. The maximum atomic E-state index is 9.48. The van der Waals surface area contributed by atoms with Gasteiger partial charge in [-0.05, 0) is 32.6 Å². The first-order chi connectivity index (χ1) is 12.2. The molecule has 25 heavy (non-hydrogen) atoms. The van der Waals surface area contributed by atoms with E-state index in [9.17, 15) is 5.26 Å². The van der Waals surface area contributed by atoms with Crippen LogP contribution in [0.3, 0.4) is 0 Å². The molecule has 0 aliphatic heterocycles. The highest BCUT2D eigenvalue weighted by molar-refractivity contribution is 5.57. The topological polar surface area (TPSA) is 89.2 Å². The summed E-state index contributed by atoms with van der Waals surface area (Å²) in [7, 11) is 0. The second-order valence-corrected chi connectivity index (χ2v) is 5.89. The Morgan fingerprint density at radius 3 is 2.24 bits per heavy atom. The fourth-order valence-electron chi connectivity index (χ4n) is 2.91. The number of benzene rings is 1. The number of hydrogen-bond donors (Lipinski definition) is 0. The average molecular weight is 331 g/mol. The number of nitrogens with zero attached hydrogens (tertiary/aromatic N) is 5. The molecule has 0 aliphatic rings. The fraction of sp³-hybridized carbons (Fsp3) is 0.400. The van der Waals surface area contributed by atoms with E-state index in [4.69, 9.17) is 15.5 Å². The summed E-state index contributed by atoms with van der Waals surface area (Å²) in [6, 6.07) is 16.1. The van der Waals surface area contributed by atoms with Gasteiger partial charge in [-0.2, -0.15) is 15.8 Å². The van der Waals surface area contributed by atoms with Crippen LogP contribution < -0.4 is 0 Å². The summed E-state index contributed by atoms with van der Waals surface area (Å²) in [6.45, 7) is 1.86. The molecule has 1 aromatic heterocycles. The van der Waals surface area contributed by atoms with E-state index in [0.717, 1.165) is 35.6 Å². The standard InChI is InChI=1S/C20H21N5/c1-16(15-23)25-19(12-6-8-14-22)18(11-5-7-13-21)24-20(25)17-9-3-2-4-10-17/h2-4,9-10,16H,5-8,11-12H2,1H3. The Hall–Kier alpha value is -3.10. The highest BCUT2D eigenvalue weighted by atomic mass is 15.1. The summed E-state index contributed by atoms with van der Waals surface area (Å²) in [5.41, 5.74) is 2.92. The number of imidazole rings is 1. The summed E-state index contributed by atoms with van der Waals surface area (Å²) < 4.78 is 1.99. The third-order valence-electron chi connectivity index (χ3n) is 4.10. The molecule has 2 aromatic rings. The van der Waals surface area contributed by atoms with Crippen molar-refractivity contribution in [1.29, 1.82) is 15.8 Å². The van der Waals surface area contributed by atoms with Crippen molar-refractivity contribution in [2.24, 2.45) is 0 Å². The lowest BCUT2D eigenvalue weighted by Crippen LogP contribution is -2.10. The molecule has 2 rings (SSSR count). The zero-order chi connectivity index (χ0) is 18.1. The van der Waals surface area contributed by atoms with Crippen LogP contribution in [0, 0.1) is 34.0 Å². The average Bonchev–Trinajstić information content (AvgIpc) is 3.01. The van der Waals surface area contributed by atoms with Crippen LogP contribution >= 0.6 is 0 Å². The molecule has 1 aromatic carbocycles. The van der Waals surface area contributed by atoms with E-state index in [1.807, 2.05) is 41.8 Å². The van der Waals surface area contributed by atoms with Crippen molar-refractivity contribution in [1.82, 2.24) is 9.55 Å². The molecule has 126 valence electrons. The summed E-state index contributed by atoms with van der Waals surface area (Å²) in [6.07, 6.45) is 3.86. The SMILES string of the molecule is CC(C#N)n1c(-c2ccccc2)nc(CCCC#N)c1CCCC#N. The fourth-order valence-corrected chi connectivity index (χ4v) is 2.91. The van der Waals surface area contributed by atoms with E-state index in [2.05, 4.69) is 18.2 Å². The molecule has 5 nitrogen and oxygen atoms in total. The number of aromatic nitrogens is 2. The number of hydrogen-bond acceptors (Lipinski definition) is 4. The molecule has 0 bridgehead atoms. The zero-order valence-electron chi connectivity index (χ0n) is 14.4. The van der Waals surface area contributed by atoms with Crippen molar-refractivity contribution in [2.75, 3.05) is 0 Å². The highest BCUT2D eigenvalue weighted by Gasteiger charge is 2.21. The lowest BCUT2D eigenvalue weighted by molar-refractivity contribution is 0.628. The van der Waals surface area contributed by atoms with Gasteiger partial charge in [-0.15, -0.1) is 0 Å². The van der Waals surface area contributed by atoms with Gasteiger partial charge in [0.05, 0.1) is 23.9 Å². The van der Waals surface area contributed by atoms with Crippen LogP contribution in [-0.2, 0) is 12.8 Å². The molecule has 1 heterocycles. The second-order valence-electron chi connectivity index (χ2n) is 5.89. The minimum Gasteiger partial charge on any atom is -0.312 e. The molecule has 0 radical (unpaired) electrons. The van der Waals surface area contributed by atoms with Gasteiger partial charge in [-0.25, -0.2) is 4.98 Å². The van der Waals surface area contributed by atoms with E-state index < -0.39 is 0 Å². The smallest absolute Gasteiger partial charge is 0.141 e. The molecule has 0 amide bonds. The molecule has 0 fully saturated rings. The van der Waals surface area contributed by atoms with Gasteiger partial charge < -0.3 is 4.57 Å². The van der Waals surface area contributed by atoms with Crippen molar-refractivity contribution in [3.8, 4) is 29.6 Å². The third-order valence-corrected chi connectivity index (χ3v) is 4.10. The minimum atomic E-state index is -0.343. The van der Waals surface area contributed by atoms with Crippen molar-refractivity contribution < 1.29 is 0 Å². The Morgan fingerprint density at radius 2 is 1.64 bits per heavy atom. The third kappa shape index (κ3) is 4.46. The van der Waals surface area contributed by atoms with Gasteiger partial charge in [0.25, 0.3) is 0 Å². The Labute approximate surface area is 148 Å². The normalized spacial score (nSPS) is 11.3. The maximum Gasteiger partial charge on any atom is 0.141 e. The molecular formula is C20H21N5. The van der Waals surface area contributed by atoms with Gasteiger partial charge in [0.15, 0.2) is 0 Å². The van der Waals surface area contributed by atoms with E-state index in [1.54, 1.807) is 0 Å². The first kappa shape index (κ1) is 18.2. The highest BCUT2D eigenvalue weighted by Crippen LogP contribution is 2.28. The van der Waals surface area contributed by atoms with Crippen molar-refractivity contribution in [2.45, 2.75) is 51.5 Å². The lowest BCUT2D eigenvalue weighted by Gasteiger charge is -2.14. The first-order valence-corrected chi connectivity index (χ1v) is 8.51. The molecule has 0 saturated carbocycles. The summed E-state index contributed by atoms with van der Waals surface area (Å²) in [5, 5.41) is 27.1. The monoisotopic (exact) mass is 331 g/mol.